The highest BCUT2D eigenvalue weighted by Gasteiger charge is 2.13. The Labute approximate surface area is 116 Å². The molecule has 2 N–H and O–H groups in total. The molecule has 108 valence electrons. The fourth-order valence-corrected chi connectivity index (χ4v) is 1.66. The Bertz CT molecular complexity index is 452. The first kappa shape index (κ1) is 15.9. The molecule has 1 unspecified atom stereocenters. The fraction of sp³-hybridized carbons (Fsp3) is 0.636. The minimum Gasteiger partial charge on any atom is -0.394 e. The Morgan fingerprint density at radius 3 is 2.84 bits per heavy atom. The van der Waals surface area contributed by atoms with Gasteiger partial charge in [0.2, 0.25) is 0 Å². The van der Waals surface area contributed by atoms with E-state index in [-0.39, 0.29) is 17.7 Å². The van der Waals surface area contributed by atoms with Crippen molar-refractivity contribution < 1.29 is 14.6 Å². The Hall–Kier alpha value is -1.15. The molecule has 1 heterocycles. The van der Waals surface area contributed by atoms with Gasteiger partial charge in [0.1, 0.15) is 5.02 Å². The lowest BCUT2D eigenvalue weighted by Gasteiger charge is -2.17. The molecule has 0 amide bonds. The number of nitrogens with one attached hydrogen (secondary N) is 1. The quantitative estimate of drug-likeness (QED) is 0.699. The molecule has 0 aromatic carbocycles. The molecule has 19 heavy (non-hydrogen) atoms. The molecule has 0 bridgehead atoms. The molecule has 7 nitrogen and oxygen atoms in total. The van der Waals surface area contributed by atoms with Crippen LogP contribution in [0.3, 0.4) is 0 Å². The SMILES string of the molecule is COCCn1ncc(NC(CO)COC)c(Cl)c1=O. The number of hydrogen-bond acceptors (Lipinski definition) is 6. The number of rotatable bonds is 8. The normalized spacial score (nSPS) is 12.4. The summed E-state index contributed by atoms with van der Waals surface area (Å²) in [5, 5.41) is 16.1. The van der Waals surface area contributed by atoms with Gasteiger partial charge in [-0.2, -0.15) is 5.10 Å². The maximum absolute atomic E-state index is 11.9. The summed E-state index contributed by atoms with van der Waals surface area (Å²) >= 11 is 5.98. The Morgan fingerprint density at radius 1 is 1.53 bits per heavy atom. The molecule has 0 spiro atoms. The second-order valence-electron chi connectivity index (χ2n) is 3.87. The predicted molar refractivity (Wildman–Crippen MR) is 71.8 cm³/mol. The zero-order valence-corrected chi connectivity index (χ0v) is 11.7. The number of methoxy groups -OCH3 is 2. The molecule has 0 aliphatic rings. The first-order valence-corrected chi connectivity index (χ1v) is 6.12. The fourth-order valence-electron chi connectivity index (χ4n) is 1.46. The van der Waals surface area contributed by atoms with E-state index in [0.29, 0.717) is 25.4 Å². The summed E-state index contributed by atoms with van der Waals surface area (Å²) in [5.74, 6) is 0. The number of nitrogens with zero attached hydrogens (tertiary/aromatic N) is 2. The van der Waals surface area contributed by atoms with Crippen molar-refractivity contribution in [1.29, 1.82) is 0 Å². The number of aliphatic hydroxyl groups is 1. The molecule has 1 atom stereocenters. The molecule has 0 fully saturated rings. The summed E-state index contributed by atoms with van der Waals surface area (Å²) < 4.78 is 11.0. The standard InChI is InChI=1S/C11H18ClN3O4/c1-18-4-3-15-11(17)10(12)9(5-13-15)14-8(6-16)7-19-2/h5,8,14,16H,3-4,6-7H2,1-2H3. The zero-order valence-electron chi connectivity index (χ0n) is 10.9. The average Bonchev–Trinajstić information content (AvgIpc) is 2.42. The highest BCUT2D eigenvalue weighted by molar-refractivity contribution is 6.32. The number of anilines is 1. The van der Waals surface area contributed by atoms with E-state index in [9.17, 15) is 4.79 Å². The van der Waals surface area contributed by atoms with Crippen molar-refractivity contribution in [2.75, 3.05) is 39.4 Å². The van der Waals surface area contributed by atoms with Crippen LogP contribution >= 0.6 is 11.6 Å². The number of aromatic nitrogens is 2. The van der Waals surface area contributed by atoms with Crippen LogP contribution in [0.1, 0.15) is 0 Å². The number of aliphatic hydroxyl groups excluding tert-OH is 1. The van der Waals surface area contributed by atoms with Crippen molar-refractivity contribution in [3.8, 4) is 0 Å². The van der Waals surface area contributed by atoms with Crippen LogP contribution in [-0.4, -0.2) is 55.0 Å². The van der Waals surface area contributed by atoms with E-state index < -0.39 is 5.56 Å². The van der Waals surface area contributed by atoms with E-state index in [1.54, 1.807) is 7.11 Å². The summed E-state index contributed by atoms with van der Waals surface area (Å²) in [6.45, 7) is 0.853. The molecule has 0 saturated heterocycles. The Morgan fingerprint density at radius 2 is 2.26 bits per heavy atom. The van der Waals surface area contributed by atoms with Gasteiger partial charge >= 0.3 is 0 Å². The monoisotopic (exact) mass is 291 g/mol. The van der Waals surface area contributed by atoms with E-state index in [0.717, 1.165) is 0 Å². The summed E-state index contributed by atoms with van der Waals surface area (Å²) in [6.07, 6.45) is 1.44. The molecular weight excluding hydrogens is 274 g/mol. The van der Waals surface area contributed by atoms with Crippen LogP contribution in [0.5, 0.6) is 0 Å². The molecule has 8 heteroatoms. The molecular formula is C11H18ClN3O4. The van der Waals surface area contributed by atoms with Crippen LogP contribution < -0.4 is 10.9 Å². The predicted octanol–water partition coefficient (Wildman–Crippen LogP) is -0.0377. The number of hydrogen-bond donors (Lipinski definition) is 2. The summed E-state index contributed by atoms with van der Waals surface area (Å²) in [7, 11) is 3.06. The minimum absolute atomic E-state index is 0.0284. The van der Waals surface area contributed by atoms with Gasteiger partial charge in [-0.05, 0) is 0 Å². The Balaban J connectivity index is 2.86. The van der Waals surface area contributed by atoms with Crippen LogP contribution in [0.2, 0.25) is 5.02 Å². The third-order valence-electron chi connectivity index (χ3n) is 2.44. The van der Waals surface area contributed by atoms with E-state index >= 15 is 0 Å². The van der Waals surface area contributed by atoms with E-state index in [1.165, 1.54) is 18.0 Å². The lowest BCUT2D eigenvalue weighted by atomic mass is 10.3. The molecule has 1 aromatic rings. The third-order valence-corrected chi connectivity index (χ3v) is 2.81. The topological polar surface area (TPSA) is 85.6 Å². The molecule has 0 radical (unpaired) electrons. The van der Waals surface area contributed by atoms with Crippen LogP contribution in [0.25, 0.3) is 0 Å². The Kier molecular flexibility index (Phi) is 6.79. The van der Waals surface area contributed by atoms with Gasteiger partial charge in [-0.3, -0.25) is 4.79 Å². The van der Waals surface area contributed by atoms with Gasteiger partial charge in [0.25, 0.3) is 5.56 Å². The summed E-state index contributed by atoms with van der Waals surface area (Å²) in [5.41, 5.74) is -0.0331. The smallest absolute Gasteiger partial charge is 0.287 e. The largest absolute Gasteiger partial charge is 0.394 e. The average molecular weight is 292 g/mol. The van der Waals surface area contributed by atoms with Gasteiger partial charge in [0, 0.05) is 14.2 Å². The van der Waals surface area contributed by atoms with Gasteiger partial charge in [-0.25, -0.2) is 4.68 Å². The molecule has 0 aliphatic carbocycles. The van der Waals surface area contributed by atoms with Crippen LogP contribution in [0, 0.1) is 0 Å². The lowest BCUT2D eigenvalue weighted by Crippen LogP contribution is -2.31. The lowest BCUT2D eigenvalue weighted by molar-refractivity contribution is 0.153. The molecule has 0 saturated carbocycles. The summed E-state index contributed by atoms with van der Waals surface area (Å²) in [4.78, 5) is 11.9. The maximum Gasteiger partial charge on any atom is 0.287 e. The minimum atomic E-state index is -0.405. The second-order valence-corrected chi connectivity index (χ2v) is 4.25. The molecule has 0 aliphatic heterocycles. The van der Waals surface area contributed by atoms with Gasteiger partial charge in [-0.15, -0.1) is 0 Å². The highest BCUT2D eigenvalue weighted by atomic mass is 35.5. The third kappa shape index (κ3) is 4.46. The highest BCUT2D eigenvalue weighted by Crippen LogP contribution is 2.16. The maximum atomic E-state index is 11.9. The number of ether oxygens (including phenoxy) is 2. The van der Waals surface area contributed by atoms with Gasteiger partial charge in [0.05, 0.1) is 44.3 Å². The molecule has 1 aromatic heterocycles. The first-order valence-electron chi connectivity index (χ1n) is 5.75. The molecule has 1 rings (SSSR count). The van der Waals surface area contributed by atoms with Crippen molar-refractivity contribution in [3.05, 3.63) is 21.6 Å². The van der Waals surface area contributed by atoms with Crippen molar-refractivity contribution in [3.63, 3.8) is 0 Å². The van der Waals surface area contributed by atoms with Crippen LogP contribution in [0.4, 0.5) is 5.69 Å². The van der Waals surface area contributed by atoms with Gasteiger partial charge < -0.3 is 19.9 Å². The van der Waals surface area contributed by atoms with Crippen LogP contribution in [-0.2, 0) is 16.0 Å². The summed E-state index contributed by atoms with van der Waals surface area (Å²) in [6, 6.07) is -0.349. The second kappa shape index (κ2) is 8.11. The van der Waals surface area contributed by atoms with Crippen LogP contribution in [0.15, 0.2) is 11.0 Å². The zero-order chi connectivity index (χ0) is 14.3. The van der Waals surface area contributed by atoms with Gasteiger partial charge in [-0.1, -0.05) is 11.6 Å². The van der Waals surface area contributed by atoms with E-state index in [1.807, 2.05) is 0 Å². The first-order chi connectivity index (χ1) is 9.13. The van der Waals surface area contributed by atoms with Crippen molar-refractivity contribution in [2.45, 2.75) is 12.6 Å². The van der Waals surface area contributed by atoms with E-state index in [2.05, 4.69) is 10.4 Å². The van der Waals surface area contributed by atoms with Crippen molar-refractivity contribution in [2.24, 2.45) is 0 Å². The van der Waals surface area contributed by atoms with Gasteiger partial charge in [0.15, 0.2) is 0 Å². The number of halogens is 1. The van der Waals surface area contributed by atoms with Crippen molar-refractivity contribution in [1.82, 2.24) is 9.78 Å². The van der Waals surface area contributed by atoms with Crippen molar-refractivity contribution >= 4 is 17.3 Å². The van der Waals surface area contributed by atoms with E-state index in [4.69, 9.17) is 26.2 Å².